The van der Waals surface area contributed by atoms with Gasteiger partial charge in [-0.05, 0) is 43.5 Å². The summed E-state index contributed by atoms with van der Waals surface area (Å²) in [7, 11) is 0. The smallest absolute Gasteiger partial charge is 0.209 e. The van der Waals surface area contributed by atoms with Crippen LogP contribution in [0.2, 0.25) is 5.02 Å². The van der Waals surface area contributed by atoms with Crippen LogP contribution in [0.15, 0.2) is 48.7 Å². The van der Waals surface area contributed by atoms with Crippen molar-refractivity contribution >= 4 is 23.7 Å². The maximum atomic E-state index is 11.4. The molecule has 3 aliphatic heterocycles. The summed E-state index contributed by atoms with van der Waals surface area (Å²) in [4.78, 5) is 20.9. The summed E-state index contributed by atoms with van der Waals surface area (Å²) >= 11 is 6.09. The van der Waals surface area contributed by atoms with Crippen LogP contribution in [0.1, 0.15) is 25.0 Å². The first kappa shape index (κ1) is 17.7. The summed E-state index contributed by atoms with van der Waals surface area (Å²) in [5, 5.41) is 0.729. The first-order valence-corrected chi connectivity index (χ1v) is 10.3. The van der Waals surface area contributed by atoms with Gasteiger partial charge in [0, 0.05) is 48.5 Å². The second kappa shape index (κ2) is 7.22. The number of carbonyl (C=O) groups excluding carboxylic acids is 1. The number of carbonyl (C=O) groups is 1. The zero-order chi connectivity index (χ0) is 19.1. The Balaban J connectivity index is 1.54. The van der Waals surface area contributed by atoms with Gasteiger partial charge in [-0.15, -0.1) is 0 Å². The van der Waals surface area contributed by atoms with Crippen molar-refractivity contribution in [2.75, 3.05) is 13.1 Å². The van der Waals surface area contributed by atoms with Crippen molar-refractivity contribution < 1.29 is 4.79 Å². The zero-order valence-electron chi connectivity index (χ0n) is 15.7. The molecule has 2 atom stereocenters. The quantitative estimate of drug-likeness (QED) is 0.631. The monoisotopic (exact) mass is 394 g/mol. The summed E-state index contributed by atoms with van der Waals surface area (Å²) in [5.74, 6) is 0. The van der Waals surface area contributed by atoms with Crippen molar-refractivity contribution in [1.82, 2.24) is 19.2 Å². The highest BCUT2D eigenvalue weighted by molar-refractivity contribution is 6.30. The van der Waals surface area contributed by atoms with E-state index >= 15 is 0 Å². The Hall–Kier alpha value is -2.37. The molecule has 144 valence electrons. The predicted molar refractivity (Wildman–Crippen MR) is 110 cm³/mol. The van der Waals surface area contributed by atoms with E-state index in [0.29, 0.717) is 12.1 Å². The van der Waals surface area contributed by atoms with Crippen LogP contribution in [0.25, 0.3) is 16.9 Å². The average molecular weight is 395 g/mol. The normalized spacial score (nSPS) is 22.5. The molecule has 0 radical (unpaired) electrons. The molecule has 1 amide bonds. The minimum atomic E-state index is 0.328. The number of piperidine rings is 1. The van der Waals surface area contributed by atoms with Gasteiger partial charge in [-0.2, -0.15) is 0 Å². The van der Waals surface area contributed by atoms with Crippen molar-refractivity contribution in [3.8, 4) is 11.3 Å². The van der Waals surface area contributed by atoms with Crippen molar-refractivity contribution in [3.05, 3.63) is 59.4 Å². The Morgan fingerprint density at radius 3 is 2.71 bits per heavy atom. The van der Waals surface area contributed by atoms with E-state index in [-0.39, 0.29) is 0 Å². The number of aromatic nitrogens is 2. The molecular weight excluding hydrogens is 372 g/mol. The molecule has 5 heterocycles. The number of hydrogen-bond acceptors (Lipinski definition) is 3. The Bertz CT molecular complexity index is 999. The molecule has 6 rings (SSSR count). The van der Waals surface area contributed by atoms with E-state index in [0.717, 1.165) is 67.2 Å². The van der Waals surface area contributed by atoms with Crippen molar-refractivity contribution in [2.45, 2.75) is 37.9 Å². The van der Waals surface area contributed by atoms with E-state index < -0.39 is 0 Å². The number of nitrogens with zero attached hydrogens (tertiary/aromatic N) is 4. The van der Waals surface area contributed by atoms with Gasteiger partial charge in [0.25, 0.3) is 0 Å². The Labute approximate surface area is 169 Å². The van der Waals surface area contributed by atoms with E-state index in [4.69, 9.17) is 16.6 Å². The molecule has 0 N–H and O–H groups in total. The lowest BCUT2D eigenvalue weighted by molar-refractivity contribution is -0.120. The molecule has 1 aromatic carbocycles. The first-order chi connectivity index (χ1) is 13.7. The van der Waals surface area contributed by atoms with Gasteiger partial charge < -0.3 is 9.30 Å². The number of hydrogen-bond donors (Lipinski definition) is 0. The molecule has 0 aliphatic carbocycles. The lowest BCUT2D eigenvalue weighted by Crippen LogP contribution is -2.46. The topological polar surface area (TPSA) is 40.9 Å². The van der Waals surface area contributed by atoms with Gasteiger partial charge in [0.1, 0.15) is 5.65 Å². The molecule has 0 saturated carbocycles. The van der Waals surface area contributed by atoms with E-state index in [1.54, 1.807) is 0 Å². The molecule has 3 aromatic rings. The number of fused-ring (bicyclic) bond motifs is 5. The third-order valence-corrected chi connectivity index (χ3v) is 6.47. The van der Waals surface area contributed by atoms with Crippen LogP contribution in [0.4, 0.5) is 0 Å². The molecule has 2 unspecified atom stereocenters. The van der Waals surface area contributed by atoms with Crippen molar-refractivity contribution in [3.63, 3.8) is 0 Å². The van der Waals surface area contributed by atoms with Crippen molar-refractivity contribution in [1.29, 1.82) is 0 Å². The van der Waals surface area contributed by atoms with Crippen LogP contribution in [0.5, 0.6) is 0 Å². The molecular formula is C22H23ClN4O. The molecule has 28 heavy (non-hydrogen) atoms. The molecule has 2 bridgehead atoms. The molecule has 0 spiro atoms. The van der Waals surface area contributed by atoms with Gasteiger partial charge in [0.05, 0.1) is 11.4 Å². The zero-order valence-corrected chi connectivity index (χ0v) is 16.4. The number of amides is 1. The van der Waals surface area contributed by atoms with Crippen LogP contribution < -0.4 is 0 Å². The predicted octanol–water partition coefficient (Wildman–Crippen LogP) is 3.85. The lowest BCUT2D eigenvalue weighted by Gasteiger charge is -2.37. The highest BCUT2D eigenvalue weighted by Gasteiger charge is 2.35. The first-order valence-electron chi connectivity index (χ1n) is 9.90. The second-order valence-electron chi connectivity index (χ2n) is 7.79. The Morgan fingerprint density at radius 2 is 1.89 bits per heavy atom. The third kappa shape index (κ3) is 3.09. The molecule has 3 aliphatic rings. The maximum Gasteiger partial charge on any atom is 0.209 e. The fourth-order valence-electron chi connectivity index (χ4n) is 4.72. The van der Waals surface area contributed by atoms with E-state index in [1.165, 1.54) is 5.69 Å². The SMILES string of the molecule is O=CN1CCC2CCC1CN2Cc1c(-c2ccc(Cl)cc2)nc2ccccn12. The van der Waals surface area contributed by atoms with Crippen LogP contribution in [-0.4, -0.2) is 50.8 Å². The average Bonchev–Trinajstić information content (AvgIpc) is 2.86. The molecule has 3 saturated heterocycles. The van der Waals surface area contributed by atoms with E-state index in [1.807, 2.05) is 47.4 Å². The number of pyridine rings is 1. The summed E-state index contributed by atoms with van der Waals surface area (Å²) < 4.78 is 2.19. The molecule has 6 heteroatoms. The summed E-state index contributed by atoms with van der Waals surface area (Å²) in [6, 6.07) is 14.9. The Morgan fingerprint density at radius 1 is 1.07 bits per heavy atom. The summed E-state index contributed by atoms with van der Waals surface area (Å²) in [5.41, 5.74) is 4.24. The summed E-state index contributed by atoms with van der Waals surface area (Å²) in [6.07, 6.45) is 6.43. The van der Waals surface area contributed by atoms with Gasteiger partial charge in [0.15, 0.2) is 0 Å². The number of imidazole rings is 1. The van der Waals surface area contributed by atoms with E-state index in [2.05, 4.69) is 15.5 Å². The van der Waals surface area contributed by atoms with Gasteiger partial charge in [-0.1, -0.05) is 29.8 Å². The van der Waals surface area contributed by atoms with Crippen LogP contribution in [0.3, 0.4) is 0 Å². The van der Waals surface area contributed by atoms with E-state index in [9.17, 15) is 4.79 Å². The van der Waals surface area contributed by atoms with Crippen LogP contribution >= 0.6 is 11.6 Å². The van der Waals surface area contributed by atoms with Crippen LogP contribution in [-0.2, 0) is 11.3 Å². The fraction of sp³-hybridized carbons (Fsp3) is 0.364. The van der Waals surface area contributed by atoms with Crippen molar-refractivity contribution in [2.24, 2.45) is 0 Å². The number of rotatable bonds is 4. The lowest BCUT2D eigenvalue weighted by atomic mass is 9.98. The van der Waals surface area contributed by atoms with Crippen LogP contribution in [0, 0.1) is 0 Å². The van der Waals surface area contributed by atoms with Gasteiger partial charge in [-0.25, -0.2) is 4.98 Å². The molecule has 5 nitrogen and oxygen atoms in total. The maximum absolute atomic E-state index is 11.4. The molecule has 3 fully saturated rings. The fourth-order valence-corrected chi connectivity index (χ4v) is 4.84. The highest BCUT2D eigenvalue weighted by Crippen LogP contribution is 2.32. The minimum Gasteiger partial charge on any atom is -0.341 e. The summed E-state index contributed by atoms with van der Waals surface area (Å²) in [6.45, 7) is 2.63. The third-order valence-electron chi connectivity index (χ3n) is 6.22. The minimum absolute atomic E-state index is 0.328. The number of halogens is 1. The second-order valence-corrected chi connectivity index (χ2v) is 8.23. The standard InChI is InChI=1S/C22H23ClN4O/c23-17-6-4-16(5-7-17)22-20(27-11-2-1-3-21(27)24-22)14-26-13-19-9-8-18(26)10-12-25(19)15-28/h1-7,11,15,18-19H,8-10,12-14H2. The van der Waals surface area contributed by atoms with Gasteiger partial charge in [0.2, 0.25) is 6.41 Å². The van der Waals surface area contributed by atoms with Gasteiger partial charge >= 0.3 is 0 Å². The number of benzene rings is 1. The largest absolute Gasteiger partial charge is 0.341 e. The highest BCUT2D eigenvalue weighted by atomic mass is 35.5. The Kier molecular flexibility index (Phi) is 4.57. The molecule has 2 aromatic heterocycles. The van der Waals surface area contributed by atoms with Gasteiger partial charge in [-0.3, -0.25) is 9.69 Å².